The van der Waals surface area contributed by atoms with Crippen LogP contribution in [0.4, 0.5) is 0 Å². The number of aromatic nitrogens is 1. The van der Waals surface area contributed by atoms with Crippen molar-refractivity contribution in [3.63, 3.8) is 0 Å². The van der Waals surface area contributed by atoms with Gasteiger partial charge in [0.25, 0.3) is 0 Å². The van der Waals surface area contributed by atoms with Crippen LogP contribution in [0.25, 0.3) is 17.0 Å². The highest BCUT2D eigenvalue weighted by atomic mass is 14.9. The van der Waals surface area contributed by atoms with Crippen molar-refractivity contribution in [1.29, 1.82) is 0 Å². The first-order valence-electron chi connectivity index (χ1n) is 5.88. The largest absolute Gasteiger partial charge is 0.347 e. The molecule has 1 aromatic carbocycles. The zero-order valence-electron chi connectivity index (χ0n) is 10.5. The van der Waals surface area contributed by atoms with Crippen molar-refractivity contribution in [3.8, 4) is 0 Å². The highest BCUT2D eigenvalue weighted by molar-refractivity contribution is 5.93. The Balaban J connectivity index is 2.81. The van der Waals surface area contributed by atoms with Crippen LogP contribution in [0.15, 0.2) is 24.3 Å². The molecule has 2 rings (SSSR count). The summed E-state index contributed by atoms with van der Waals surface area (Å²) in [6.07, 6.45) is 5.57. The topological polar surface area (TPSA) is 4.93 Å². The number of nitrogens with zero attached hydrogens (tertiary/aromatic N) is 1. The summed E-state index contributed by atoms with van der Waals surface area (Å²) in [5.74, 6) is 0. The van der Waals surface area contributed by atoms with Gasteiger partial charge in [-0.05, 0) is 31.9 Å². The summed E-state index contributed by atoms with van der Waals surface area (Å²) in [5.41, 5.74) is 5.40. The number of hydrogen-bond acceptors (Lipinski definition) is 0. The second-order valence-corrected chi connectivity index (χ2v) is 4.34. The first kappa shape index (κ1) is 11.0. The number of allylic oxidation sites excluding steroid dienone is 1. The van der Waals surface area contributed by atoms with Crippen LogP contribution in [-0.2, 0) is 7.05 Å². The van der Waals surface area contributed by atoms with Gasteiger partial charge in [0.1, 0.15) is 0 Å². The Bertz CT molecular complexity index is 544. The number of benzene rings is 1. The number of rotatable bonds is 2. The Labute approximate surface area is 97.4 Å². The normalized spacial score (nSPS) is 11.8. The third kappa shape index (κ3) is 1.57. The van der Waals surface area contributed by atoms with Crippen LogP contribution < -0.4 is 0 Å². The quantitative estimate of drug-likeness (QED) is 0.704. The van der Waals surface area contributed by atoms with Crippen molar-refractivity contribution in [2.24, 2.45) is 7.05 Å². The average molecular weight is 213 g/mol. The van der Waals surface area contributed by atoms with Gasteiger partial charge in [-0.1, -0.05) is 31.2 Å². The minimum atomic E-state index is 1.09. The van der Waals surface area contributed by atoms with E-state index >= 15 is 0 Å². The van der Waals surface area contributed by atoms with Gasteiger partial charge in [-0.3, -0.25) is 0 Å². The van der Waals surface area contributed by atoms with Crippen LogP contribution in [0, 0.1) is 13.8 Å². The number of fused-ring (bicyclic) bond motifs is 1. The monoisotopic (exact) mass is 213 g/mol. The zero-order valence-corrected chi connectivity index (χ0v) is 10.5. The van der Waals surface area contributed by atoms with E-state index in [0.29, 0.717) is 0 Å². The molecule has 0 atom stereocenters. The molecule has 0 amide bonds. The molecule has 2 aromatic rings. The smallest absolute Gasteiger partial charge is 0.0488 e. The lowest BCUT2D eigenvalue weighted by atomic mass is 10.1. The molecule has 0 N–H and O–H groups in total. The van der Waals surface area contributed by atoms with E-state index in [1.165, 1.54) is 27.7 Å². The first-order valence-corrected chi connectivity index (χ1v) is 5.88. The second-order valence-electron chi connectivity index (χ2n) is 4.34. The summed E-state index contributed by atoms with van der Waals surface area (Å²) in [6, 6.07) is 6.51. The molecule has 0 fully saturated rings. The summed E-state index contributed by atoms with van der Waals surface area (Å²) < 4.78 is 2.28. The maximum Gasteiger partial charge on any atom is 0.0488 e. The van der Waals surface area contributed by atoms with Gasteiger partial charge < -0.3 is 4.57 Å². The minimum Gasteiger partial charge on any atom is -0.347 e. The van der Waals surface area contributed by atoms with Gasteiger partial charge in [0.05, 0.1) is 0 Å². The van der Waals surface area contributed by atoms with Crippen LogP contribution >= 0.6 is 0 Å². The van der Waals surface area contributed by atoms with E-state index in [-0.39, 0.29) is 0 Å². The van der Waals surface area contributed by atoms with Crippen LogP contribution in [0.3, 0.4) is 0 Å². The van der Waals surface area contributed by atoms with Crippen molar-refractivity contribution < 1.29 is 0 Å². The summed E-state index contributed by atoms with van der Waals surface area (Å²) in [5, 5.41) is 1.40. The molecule has 0 saturated heterocycles. The fourth-order valence-corrected chi connectivity index (χ4v) is 2.26. The lowest BCUT2D eigenvalue weighted by Gasteiger charge is -1.98. The fourth-order valence-electron chi connectivity index (χ4n) is 2.26. The molecule has 0 saturated carbocycles. The van der Waals surface area contributed by atoms with Crippen LogP contribution in [0.5, 0.6) is 0 Å². The lowest BCUT2D eigenvalue weighted by molar-refractivity contribution is 0.916. The molecule has 1 aromatic heterocycles. The standard InChI is InChI=1S/C15H19N/c1-5-6-9-13-12(3)16(4)14-10-7-8-11(2)15(13)14/h6-10H,5H2,1-4H3/b9-6-. The van der Waals surface area contributed by atoms with E-state index in [9.17, 15) is 0 Å². The van der Waals surface area contributed by atoms with Gasteiger partial charge >= 0.3 is 0 Å². The van der Waals surface area contributed by atoms with E-state index in [1.807, 2.05) is 0 Å². The van der Waals surface area contributed by atoms with Crippen molar-refractivity contribution in [1.82, 2.24) is 4.57 Å². The van der Waals surface area contributed by atoms with E-state index in [4.69, 9.17) is 0 Å². The van der Waals surface area contributed by atoms with Crippen molar-refractivity contribution in [2.45, 2.75) is 27.2 Å². The Morgan fingerprint density at radius 1 is 1.25 bits per heavy atom. The Kier molecular flexibility index (Phi) is 2.86. The van der Waals surface area contributed by atoms with Gasteiger partial charge in [0.2, 0.25) is 0 Å². The van der Waals surface area contributed by atoms with E-state index in [0.717, 1.165) is 6.42 Å². The van der Waals surface area contributed by atoms with Gasteiger partial charge in [0, 0.05) is 29.2 Å². The fraction of sp³-hybridized carbons (Fsp3) is 0.333. The second kappa shape index (κ2) is 4.17. The molecule has 1 heteroatoms. The molecule has 0 aliphatic carbocycles. The summed E-state index contributed by atoms with van der Waals surface area (Å²) >= 11 is 0. The molecule has 1 heterocycles. The molecule has 0 aliphatic rings. The maximum absolute atomic E-state index is 2.28. The first-order chi connectivity index (χ1) is 7.66. The highest BCUT2D eigenvalue weighted by Gasteiger charge is 2.10. The van der Waals surface area contributed by atoms with Crippen molar-refractivity contribution in [3.05, 3.63) is 41.1 Å². The molecule has 84 valence electrons. The highest BCUT2D eigenvalue weighted by Crippen LogP contribution is 2.28. The van der Waals surface area contributed by atoms with Crippen molar-refractivity contribution >= 4 is 17.0 Å². The van der Waals surface area contributed by atoms with Crippen LogP contribution in [0.2, 0.25) is 0 Å². The zero-order chi connectivity index (χ0) is 11.7. The molecule has 0 unspecified atom stereocenters. The summed E-state index contributed by atoms with van der Waals surface area (Å²) in [6.45, 7) is 6.55. The molecule has 0 bridgehead atoms. The number of aryl methyl sites for hydroxylation is 2. The summed E-state index contributed by atoms with van der Waals surface area (Å²) in [4.78, 5) is 0. The van der Waals surface area contributed by atoms with Gasteiger partial charge in [-0.15, -0.1) is 0 Å². The minimum absolute atomic E-state index is 1.09. The Morgan fingerprint density at radius 3 is 2.69 bits per heavy atom. The Morgan fingerprint density at radius 2 is 2.00 bits per heavy atom. The van der Waals surface area contributed by atoms with Crippen LogP contribution in [0.1, 0.15) is 30.2 Å². The number of hydrogen-bond donors (Lipinski definition) is 0. The maximum atomic E-state index is 2.28. The van der Waals surface area contributed by atoms with E-state index in [2.05, 4.69) is 62.7 Å². The average Bonchev–Trinajstić information content (AvgIpc) is 2.52. The van der Waals surface area contributed by atoms with Gasteiger partial charge in [-0.25, -0.2) is 0 Å². The van der Waals surface area contributed by atoms with Gasteiger partial charge in [-0.2, -0.15) is 0 Å². The third-order valence-corrected chi connectivity index (χ3v) is 3.29. The molecule has 0 spiro atoms. The molecule has 0 radical (unpaired) electrons. The van der Waals surface area contributed by atoms with Crippen molar-refractivity contribution in [2.75, 3.05) is 0 Å². The Hall–Kier alpha value is -1.50. The van der Waals surface area contributed by atoms with Gasteiger partial charge in [0.15, 0.2) is 0 Å². The SMILES string of the molecule is CC/C=C\c1c(C)n(C)c2cccc(C)c12. The summed E-state index contributed by atoms with van der Waals surface area (Å²) in [7, 11) is 2.14. The molecular formula is C15H19N. The molecule has 0 aliphatic heterocycles. The van der Waals surface area contributed by atoms with E-state index in [1.54, 1.807) is 0 Å². The third-order valence-electron chi connectivity index (χ3n) is 3.29. The predicted octanol–water partition coefficient (Wildman–Crippen LogP) is 4.22. The predicted molar refractivity (Wildman–Crippen MR) is 71.7 cm³/mol. The molecule has 16 heavy (non-hydrogen) atoms. The van der Waals surface area contributed by atoms with Crippen LogP contribution in [-0.4, -0.2) is 4.57 Å². The van der Waals surface area contributed by atoms with E-state index < -0.39 is 0 Å². The molecular weight excluding hydrogens is 194 g/mol. The lowest BCUT2D eigenvalue weighted by Crippen LogP contribution is -1.89. The molecule has 1 nitrogen and oxygen atoms in total.